The van der Waals surface area contributed by atoms with Crippen molar-refractivity contribution in [3.8, 4) is 29.7 Å². The summed E-state index contributed by atoms with van der Waals surface area (Å²) in [6.07, 6.45) is 0. The Hall–Kier alpha value is -2.52. The van der Waals surface area contributed by atoms with E-state index < -0.39 is 0 Å². The molecule has 0 aliphatic heterocycles. The van der Waals surface area contributed by atoms with Crippen LogP contribution in [0.5, 0.6) is 5.75 Å². The van der Waals surface area contributed by atoms with E-state index in [4.69, 9.17) is 21.0 Å². The van der Waals surface area contributed by atoms with Crippen LogP contribution in [-0.4, -0.2) is 31.6 Å². The van der Waals surface area contributed by atoms with Crippen LogP contribution in [0.25, 0.3) is 0 Å². The second kappa shape index (κ2) is 8.56. The average Bonchev–Trinajstić information content (AvgIpc) is 2.46. The van der Waals surface area contributed by atoms with Crippen molar-refractivity contribution in [2.75, 3.05) is 26.7 Å². The van der Waals surface area contributed by atoms with Gasteiger partial charge in [0.15, 0.2) is 0 Å². The molecule has 102 valence electrons. The molecule has 0 aliphatic rings. The highest BCUT2D eigenvalue weighted by atomic mass is 16.5. The number of nitriles is 2. The Morgan fingerprint density at radius 2 is 1.95 bits per heavy atom. The highest BCUT2D eigenvalue weighted by Crippen LogP contribution is 2.18. The molecule has 5 heteroatoms. The maximum absolute atomic E-state index is 8.78. The number of methoxy groups -OCH3 is 1. The largest absolute Gasteiger partial charge is 0.497 e. The van der Waals surface area contributed by atoms with Crippen LogP contribution in [0.2, 0.25) is 0 Å². The molecule has 0 heterocycles. The van der Waals surface area contributed by atoms with E-state index in [1.807, 2.05) is 18.2 Å². The molecule has 20 heavy (non-hydrogen) atoms. The molecule has 1 aromatic rings. The van der Waals surface area contributed by atoms with E-state index >= 15 is 0 Å². The molecular formula is C15H16N4O. The zero-order valence-electron chi connectivity index (χ0n) is 11.4. The van der Waals surface area contributed by atoms with E-state index in [9.17, 15) is 0 Å². The summed E-state index contributed by atoms with van der Waals surface area (Å²) in [6, 6.07) is 9.64. The Morgan fingerprint density at radius 1 is 1.25 bits per heavy atom. The topological polar surface area (TPSA) is 86.1 Å². The summed E-state index contributed by atoms with van der Waals surface area (Å²) >= 11 is 0. The minimum Gasteiger partial charge on any atom is -0.497 e. The van der Waals surface area contributed by atoms with Crippen LogP contribution in [-0.2, 0) is 6.54 Å². The van der Waals surface area contributed by atoms with Crippen molar-refractivity contribution in [3.05, 3.63) is 29.3 Å². The maximum atomic E-state index is 8.78. The molecule has 0 unspecified atom stereocenters. The molecule has 1 aromatic carbocycles. The molecule has 5 nitrogen and oxygen atoms in total. The summed E-state index contributed by atoms with van der Waals surface area (Å²) in [5, 5.41) is 17.6. The Bertz CT molecular complexity index is 571. The highest BCUT2D eigenvalue weighted by Gasteiger charge is 2.09. The zero-order chi connectivity index (χ0) is 14.8. The van der Waals surface area contributed by atoms with Crippen molar-refractivity contribution in [2.24, 2.45) is 5.73 Å². The fourth-order valence-corrected chi connectivity index (χ4v) is 1.70. The number of nitrogens with two attached hydrogens (primary N) is 1. The monoisotopic (exact) mass is 268 g/mol. The Balaban J connectivity index is 3.06. The minimum atomic E-state index is 0.189. The number of rotatable bonds is 5. The number of hydrogen-bond acceptors (Lipinski definition) is 5. The van der Waals surface area contributed by atoms with Gasteiger partial charge in [-0.3, -0.25) is 4.90 Å². The van der Waals surface area contributed by atoms with Gasteiger partial charge in [-0.25, -0.2) is 0 Å². The standard InChI is InChI=1S/C15H16N4O/c1-20-15-5-4-13(3-2-6-16)14(11-15)12-19(9-7-17)10-8-18/h4-5,11H,6,9-10,12,16H2,1H3. The first-order valence-electron chi connectivity index (χ1n) is 6.07. The Morgan fingerprint density at radius 3 is 2.50 bits per heavy atom. The lowest BCUT2D eigenvalue weighted by atomic mass is 10.1. The lowest BCUT2D eigenvalue weighted by Crippen LogP contribution is -2.24. The smallest absolute Gasteiger partial charge is 0.119 e. The molecular weight excluding hydrogens is 252 g/mol. The van der Waals surface area contributed by atoms with Crippen molar-refractivity contribution >= 4 is 0 Å². The third-order valence-corrected chi connectivity index (χ3v) is 2.62. The molecule has 0 bridgehead atoms. The van der Waals surface area contributed by atoms with Gasteiger partial charge in [-0.1, -0.05) is 11.8 Å². The van der Waals surface area contributed by atoms with Gasteiger partial charge in [0.05, 0.1) is 38.9 Å². The molecule has 0 aromatic heterocycles. The van der Waals surface area contributed by atoms with Gasteiger partial charge in [-0.05, 0) is 23.8 Å². The number of ether oxygens (including phenoxy) is 1. The third-order valence-electron chi connectivity index (χ3n) is 2.62. The molecule has 2 N–H and O–H groups in total. The molecule has 0 saturated carbocycles. The van der Waals surface area contributed by atoms with Crippen LogP contribution in [0.3, 0.4) is 0 Å². The van der Waals surface area contributed by atoms with Crippen molar-refractivity contribution < 1.29 is 4.74 Å². The molecule has 0 spiro atoms. The van der Waals surface area contributed by atoms with Crippen LogP contribution in [0.15, 0.2) is 18.2 Å². The second-order valence-corrected chi connectivity index (χ2v) is 3.99. The predicted molar refractivity (Wildman–Crippen MR) is 75.4 cm³/mol. The molecule has 0 amide bonds. The van der Waals surface area contributed by atoms with E-state index in [1.165, 1.54) is 0 Å². The van der Waals surface area contributed by atoms with Crippen molar-refractivity contribution in [2.45, 2.75) is 6.54 Å². The van der Waals surface area contributed by atoms with Gasteiger partial charge < -0.3 is 10.5 Å². The molecule has 0 atom stereocenters. The quantitative estimate of drug-likeness (QED) is 0.632. The van der Waals surface area contributed by atoms with Crippen molar-refractivity contribution in [3.63, 3.8) is 0 Å². The lowest BCUT2D eigenvalue weighted by Gasteiger charge is -2.17. The summed E-state index contributed by atoms with van der Waals surface area (Å²) in [6.45, 7) is 1.13. The van der Waals surface area contributed by atoms with Gasteiger partial charge in [0.2, 0.25) is 0 Å². The van der Waals surface area contributed by atoms with Crippen molar-refractivity contribution in [1.29, 1.82) is 10.5 Å². The van der Waals surface area contributed by atoms with Crippen LogP contribution in [0.1, 0.15) is 11.1 Å². The minimum absolute atomic E-state index is 0.189. The average molecular weight is 268 g/mol. The van der Waals surface area contributed by atoms with E-state index in [2.05, 4.69) is 24.0 Å². The Kier molecular flexibility index (Phi) is 6.65. The normalized spacial score (nSPS) is 9.25. The van der Waals surface area contributed by atoms with Gasteiger partial charge in [0, 0.05) is 12.1 Å². The molecule has 1 rings (SSSR count). The summed E-state index contributed by atoms with van der Waals surface area (Å²) in [5.74, 6) is 6.51. The first-order chi connectivity index (χ1) is 9.74. The van der Waals surface area contributed by atoms with Crippen molar-refractivity contribution in [1.82, 2.24) is 4.90 Å². The van der Waals surface area contributed by atoms with E-state index in [0.717, 1.165) is 11.1 Å². The van der Waals surface area contributed by atoms with Gasteiger partial charge in [0.25, 0.3) is 0 Å². The maximum Gasteiger partial charge on any atom is 0.119 e. The van der Waals surface area contributed by atoms with E-state index in [1.54, 1.807) is 12.0 Å². The molecule has 0 aliphatic carbocycles. The first-order valence-corrected chi connectivity index (χ1v) is 6.07. The predicted octanol–water partition coefficient (Wildman–Crippen LogP) is 0.855. The summed E-state index contributed by atoms with van der Waals surface area (Å²) in [7, 11) is 1.59. The molecule has 0 radical (unpaired) electrons. The number of hydrogen-bond donors (Lipinski definition) is 1. The molecule has 0 fully saturated rings. The number of nitrogens with zero attached hydrogens (tertiary/aromatic N) is 3. The van der Waals surface area contributed by atoms with Gasteiger partial charge in [0.1, 0.15) is 5.75 Å². The second-order valence-electron chi connectivity index (χ2n) is 3.99. The van der Waals surface area contributed by atoms with Gasteiger partial charge in [-0.15, -0.1) is 0 Å². The lowest BCUT2D eigenvalue weighted by molar-refractivity contribution is 0.333. The van der Waals surface area contributed by atoms with Crippen LogP contribution < -0.4 is 10.5 Å². The van der Waals surface area contributed by atoms with E-state index in [0.29, 0.717) is 12.3 Å². The third kappa shape index (κ3) is 4.63. The van der Waals surface area contributed by atoms with Crippen LogP contribution >= 0.6 is 0 Å². The van der Waals surface area contributed by atoms with Crippen LogP contribution in [0, 0.1) is 34.5 Å². The fourth-order valence-electron chi connectivity index (χ4n) is 1.70. The Labute approximate surface area is 119 Å². The van der Waals surface area contributed by atoms with Gasteiger partial charge in [-0.2, -0.15) is 10.5 Å². The fraction of sp³-hybridized carbons (Fsp3) is 0.333. The first kappa shape index (κ1) is 15.5. The zero-order valence-corrected chi connectivity index (χ0v) is 11.4. The SMILES string of the molecule is COc1ccc(C#CCN)c(CN(CC#N)CC#N)c1. The van der Waals surface area contributed by atoms with Gasteiger partial charge >= 0.3 is 0 Å². The van der Waals surface area contributed by atoms with E-state index in [-0.39, 0.29) is 19.6 Å². The molecule has 0 saturated heterocycles. The summed E-state index contributed by atoms with van der Waals surface area (Å²) < 4.78 is 5.19. The summed E-state index contributed by atoms with van der Waals surface area (Å²) in [5.41, 5.74) is 7.13. The highest BCUT2D eigenvalue weighted by molar-refractivity contribution is 5.45. The number of benzene rings is 1. The van der Waals surface area contributed by atoms with Crippen LogP contribution in [0.4, 0.5) is 0 Å². The summed E-state index contributed by atoms with van der Waals surface area (Å²) in [4.78, 5) is 1.74.